The van der Waals surface area contributed by atoms with E-state index in [-0.39, 0.29) is 23.7 Å². The molecule has 1 amide bonds. The molecule has 3 heterocycles. The maximum atomic E-state index is 13.2. The quantitative estimate of drug-likeness (QED) is 0.444. The number of carbonyl (C=O) groups excluding carboxylic acids is 1. The molecule has 0 radical (unpaired) electrons. The van der Waals surface area contributed by atoms with Gasteiger partial charge in [-0.1, -0.05) is 12.1 Å². The topological polar surface area (TPSA) is 62.9 Å². The van der Waals surface area contributed by atoms with Crippen LogP contribution in [0.15, 0.2) is 65.7 Å². The highest BCUT2D eigenvalue weighted by Gasteiger charge is 2.22. The molecule has 0 aliphatic carbocycles. The second-order valence-corrected chi connectivity index (χ2v) is 9.07. The summed E-state index contributed by atoms with van der Waals surface area (Å²) in [5, 5.41) is 4.43. The second kappa shape index (κ2) is 9.37. The van der Waals surface area contributed by atoms with Gasteiger partial charge in [-0.15, -0.1) is 0 Å². The molecule has 0 saturated carbocycles. The predicted octanol–water partition coefficient (Wildman–Crippen LogP) is 3.66. The fourth-order valence-corrected chi connectivity index (χ4v) is 4.60. The number of benzene rings is 2. The molecule has 1 aliphatic rings. The minimum Gasteiger partial charge on any atom is -0.368 e. The average molecular weight is 474 g/mol. The number of anilines is 1. The van der Waals surface area contributed by atoms with E-state index in [4.69, 9.17) is 0 Å². The third-order valence-electron chi connectivity index (χ3n) is 6.65. The van der Waals surface area contributed by atoms with Gasteiger partial charge < -0.3 is 14.4 Å². The van der Waals surface area contributed by atoms with E-state index < -0.39 is 0 Å². The summed E-state index contributed by atoms with van der Waals surface area (Å²) >= 11 is 0. The molecule has 0 unspecified atom stereocenters. The number of piperazine rings is 1. The summed E-state index contributed by atoms with van der Waals surface area (Å²) in [7, 11) is 0. The maximum absolute atomic E-state index is 13.2. The predicted molar refractivity (Wildman–Crippen MR) is 134 cm³/mol. The van der Waals surface area contributed by atoms with Crippen molar-refractivity contribution in [3.05, 3.63) is 88.2 Å². The van der Waals surface area contributed by atoms with Crippen molar-refractivity contribution in [2.45, 2.75) is 26.8 Å². The normalized spacial score (nSPS) is 14.0. The van der Waals surface area contributed by atoms with Gasteiger partial charge in [-0.25, -0.2) is 8.91 Å². The molecule has 1 fully saturated rings. The number of amides is 1. The van der Waals surface area contributed by atoms with Crippen LogP contribution < -0.4 is 10.5 Å². The first kappa shape index (κ1) is 22.8. The Balaban J connectivity index is 1.23. The van der Waals surface area contributed by atoms with Crippen LogP contribution in [0.1, 0.15) is 17.5 Å². The van der Waals surface area contributed by atoms with Crippen LogP contribution in [0, 0.1) is 19.7 Å². The molecule has 0 spiro atoms. The smallest absolute Gasteiger partial charge is 0.276 e. The molecule has 180 valence electrons. The van der Waals surface area contributed by atoms with Crippen molar-refractivity contribution in [2.24, 2.45) is 0 Å². The first-order chi connectivity index (χ1) is 16.9. The number of halogens is 1. The number of fused-ring (bicyclic) bond motifs is 1. The van der Waals surface area contributed by atoms with Gasteiger partial charge in [0, 0.05) is 62.8 Å². The van der Waals surface area contributed by atoms with E-state index in [2.05, 4.69) is 42.0 Å². The summed E-state index contributed by atoms with van der Waals surface area (Å²) in [4.78, 5) is 30.1. The molecule has 8 heteroatoms. The van der Waals surface area contributed by atoms with Crippen LogP contribution in [0.5, 0.6) is 0 Å². The van der Waals surface area contributed by atoms with Gasteiger partial charge in [0.1, 0.15) is 11.3 Å². The molecule has 35 heavy (non-hydrogen) atoms. The lowest BCUT2D eigenvalue weighted by Crippen LogP contribution is -2.49. The zero-order valence-electron chi connectivity index (χ0n) is 19.9. The minimum atomic E-state index is -0.323. The maximum Gasteiger partial charge on any atom is 0.276 e. The Morgan fingerprint density at radius 1 is 0.971 bits per heavy atom. The summed E-state index contributed by atoms with van der Waals surface area (Å²) < 4.78 is 16.3. The monoisotopic (exact) mass is 473 g/mol. The standard InChI is InChI=1S/C27H28FN5O2/c1-19-3-4-20(2)24(17-19)30-11-13-31(14-12-30)26(34)9-10-32-15-16-33-25(27(32)35)18-23(29-33)21-5-7-22(28)8-6-21/h3-8,15-18H,9-14H2,1-2H3. The highest BCUT2D eigenvalue weighted by atomic mass is 19.1. The van der Waals surface area contributed by atoms with Crippen molar-refractivity contribution in [1.29, 1.82) is 0 Å². The Morgan fingerprint density at radius 2 is 1.71 bits per heavy atom. The highest BCUT2D eigenvalue weighted by molar-refractivity contribution is 5.76. The van der Waals surface area contributed by atoms with Crippen LogP contribution in [-0.4, -0.2) is 51.2 Å². The van der Waals surface area contributed by atoms with Crippen molar-refractivity contribution in [2.75, 3.05) is 31.1 Å². The van der Waals surface area contributed by atoms with Crippen molar-refractivity contribution in [1.82, 2.24) is 19.1 Å². The molecule has 0 atom stereocenters. The Bertz CT molecular complexity index is 1430. The van der Waals surface area contributed by atoms with Gasteiger partial charge in [-0.2, -0.15) is 5.10 Å². The Kier molecular flexibility index (Phi) is 6.11. The van der Waals surface area contributed by atoms with Crippen LogP contribution in [0.25, 0.3) is 16.8 Å². The molecular formula is C27H28FN5O2. The first-order valence-corrected chi connectivity index (χ1v) is 11.8. The summed E-state index contributed by atoms with van der Waals surface area (Å²) in [6.07, 6.45) is 3.62. The van der Waals surface area contributed by atoms with Crippen molar-refractivity contribution in [3.63, 3.8) is 0 Å². The van der Waals surface area contributed by atoms with E-state index in [1.54, 1.807) is 35.2 Å². The third kappa shape index (κ3) is 4.69. The van der Waals surface area contributed by atoms with Crippen LogP contribution in [0.2, 0.25) is 0 Å². The highest BCUT2D eigenvalue weighted by Crippen LogP contribution is 2.23. The lowest BCUT2D eigenvalue weighted by Gasteiger charge is -2.37. The van der Waals surface area contributed by atoms with E-state index in [1.165, 1.54) is 33.5 Å². The van der Waals surface area contributed by atoms with Crippen molar-refractivity contribution in [3.8, 4) is 11.3 Å². The fraction of sp³-hybridized carbons (Fsp3) is 0.296. The van der Waals surface area contributed by atoms with E-state index in [9.17, 15) is 14.0 Å². The van der Waals surface area contributed by atoms with Gasteiger partial charge in [-0.05, 0) is 61.4 Å². The van der Waals surface area contributed by atoms with Gasteiger partial charge in [0.25, 0.3) is 5.56 Å². The molecule has 1 aliphatic heterocycles. The lowest BCUT2D eigenvalue weighted by atomic mass is 10.1. The van der Waals surface area contributed by atoms with E-state index in [1.807, 2.05) is 4.90 Å². The van der Waals surface area contributed by atoms with Crippen molar-refractivity contribution >= 4 is 17.1 Å². The molecule has 0 N–H and O–H groups in total. The van der Waals surface area contributed by atoms with Crippen molar-refractivity contribution < 1.29 is 9.18 Å². The molecule has 7 nitrogen and oxygen atoms in total. The third-order valence-corrected chi connectivity index (χ3v) is 6.65. The fourth-order valence-electron chi connectivity index (χ4n) is 4.60. The molecule has 5 rings (SSSR count). The largest absolute Gasteiger partial charge is 0.368 e. The summed E-state index contributed by atoms with van der Waals surface area (Å²) in [6.45, 7) is 7.45. The first-order valence-electron chi connectivity index (χ1n) is 11.8. The zero-order valence-corrected chi connectivity index (χ0v) is 19.9. The second-order valence-electron chi connectivity index (χ2n) is 9.07. The van der Waals surface area contributed by atoms with Gasteiger partial charge in [0.05, 0.1) is 5.69 Å². The molecule has 1 saturated heterocycles. The number of hydrogen-bond acceptors (Lipinski definition) is 4. The summed E-state index contributed by atoms with van der Waals surface area (Å²) in [6, 6.07) is 14.2. The molecule has 2 aromatic carbocycles. The Morgan fingerprint density at radius 3 is 2.46 bits per heavy atom. The Labute approximate surface area is 203 Å². The molecule has 4 aromatic rings. The number of aromatic nitrogens is 3. The number of carbonyl (C=O) groups is 1. The van der Waals surface area contributed by atoms with Gasteiger partial charge in [0.2, 0.25) is 5.91 Å². The zero-order chi connectivity index (χ0) is 24.5. The van der Waals surface area contributed by atoms with Gasteiger partial charge >= 0.3 is 0 Å². The van der Waals surface area contributed by atoms with Crippen LogP contribution >= 0.6 is 0 Å². The minimum absolute atomic E-state index is 0.0536. The van der Waals surface area contributed by atoms with Crippen LogP contribution in [0.4, 0.5) is 10.1 Å². The number of aryl methyl sites for hydroxylation is 3. The van der Waals surface area contributed by atoms with E-state index >= 15 is 0 Å². The van der Waals surface area contributed by atoms with E-state index in [0.717, 1.165) is 18.7 Å². The van der Waals surface area contributed by atoms with Crippen LogP contribution in [0.3, 0.4) is 0 Å². The number of hydrogen-bond donors (Lipinski definition) is 0. The SMILES string of the molecule is Cc1ccc(C)c(N2CCN(C(=O)CCn3ccn4nc(-c5ccc(F)cc5)cc4c3=O)CC2)c1. The molecule has 0 bridgehead atoms. The molecule has 2 aromatic heterocycles. The number of nitrogens with zero attached hydrogens (tertiary/aromatic N) is 5. The lowest BCUT2D eigenvalue weighted by molar-refractivity contribution is -0.131. The Hall–Kier alpha value is -3.94. The average Bonchev–Trinajstić information content (AvgIpc) is 3.31. The van der Waals surface area contributed by atoms with E-state index in [0.29, 0.717) is 30.8 Å². The molecular weight excluding hydrogens is 445 g/mol. The van der Waals surface area contributed by atoms with Gasteiger partial charge in [-0.3, -0.25) is 9.59 Å². The number of rotatable bonds is 5. The van der Waals surface area contributed by atoms with Gasteiger partial charge in [0.15, 0.2) is 0 Å². The summed E-state index contributed by atoms with van der Waals surface area (Å²) in [5.41, 5.74) is 5.25. The summed E-state index contributed by atoms with van der Waals surface area (Å²) in [5.74, 6) is -0.269. The van der Waals surface area contributed by atoms with Crippen LogP contribution in [-0.2, 0) is 11.3 Å².